The Hall–Kier alpha value is -3.29. The third-order valence-corrected chi connectivity index (χ3v) is 5.98. The first-order valence-electron chi connectivity index (χ1n) is 11.6. The summed E-state index contributed by atoms with van der Waals surface area (Å²) >= 11 is 0. The van der Waals surface area contributed by atoms with E-state index in [0.29, 0.717) is 37.1 Å². The number of nitrogens with zero attached hydrogens (tertiary/aromatic N) is 6. The van der Waals surface area contributed by atoms with Gasteiger partial charge in [-0.3, -0.25) is 4.79 Å². The largest absolute Gasteiger partial charge is 0.425 e. The smallest absolute Gasteiger partial charge is 0.225 e. The Labute approximate surface area is 195 Å². The van der Waals surface area contributed by atoms with Crippen molar-refractivity contribution < 1.29 is 9.21 Å². The van der Waals surface area contributed by atoms with Gasteiger partial charge in [0.1, 0.15) is 0 Å². The molecule has 33 heavy (non-hydrogen) atoms. The van der Waals surface area contributed by atoms with Gasteiger partial charge in [0.2, 0.25) is 23.6 Å². The lowest BCUT2D eigenvalue weighted by Gasteiger charge is -2.33. The molecule has 0 spiro atoms. The number of benzene rings is 1. The highest BCUT2D eigenvalue weighted by Gasteiger charge is 2.28. The monoisotopic (exact) mass is 448 g/mol. The van der Waals surface area contributed by atoms with E-state index in [-0.39, 0.29) is 17.7 Å². The van der Waals surface area contributed by atoms with Crippen LogP contribution in [0.15, 0.2) is 40.9 Å². The zero-order valence-corrected chi connectivity index (χ0v) is 19.9. The first-order valence-corrected chi connectivity index (χ1v) is 11.6. The van der Waals surface area contributed by atoms with Crippen LogP contribution in [0.3, 0.4) is 0 Å². The summed E-state index contributed by atoms with van der Waals surface area (Å²) in [5.74, 6) is 2.29. The van der Waals surface area contributed by atoms with E-state index < -0.39 is 0 Å². The number of aromatic nitrogens is 4. The molecular weight excluding hydrogens is 416 g/mol. The number of carbonyl (C=O) groups excluding carboxylic acids is 1. The molecule has 0 aliphatic carbocycles. The van der Waals surface area contributed by atoms with Crippen molar-refractivity contribution in [2.75, 3.05) is 32.1 Å². The highest BCUT2D eigenvalue weighted by Crippen LogP contribution is 2.34. The summed E-state index contributed by atoms with van der Waals surface area (Å²) < 4.78 is 5.66. The van der Waals surface area contributed by atoms with Crippen LogP contribution in [0.4, 0.5) is 5.95 Å². The summed E-state index contributed by atoms with van der Waals surface area (Å²) in [7, 11) is 3.89. The van der Waals surface area contributed by atoms with E-state index in [1.165, 1.54) is 0 Å². The lowest BCUT2D eigenvalue weighted by molar-refractivity contribution is -0.132. The van der Waals surface area contributed by atoms with Crippen LogP contribution >= 0.6 is 0 Å². The van der Waals surface area contributed by atoms with Gasteiger partial charge in [0, 0.05) is 63.6 Å². The maximum absolute atomic E-state index is 13.0. The molecule has 0 N–H and O–H groups in total. The summed E-state index contributed by atoms with van der Waals surface area (Å²) in [6.07, 6.45) is 4.69. The van der Waals surface area contributed by atoms with Gasteiger partial charge in [-0.15, -0.1) is 10.2 Å². The van der Waals surface area contributed by atoms with E-state index in [4.69, 9.17) is 9.40 Å². The first kappa shape index (κ1) is 22.9. The fourth-order valence-corrected chi connectivity index (χ4v) is 4.15. The van der Waals surface area contributed by atoms with Crippen molar-refractivity contribution >= 4 is 11.9 Å². The minimum absolute atomic E-state index is 0.118. The Bertz CT molecular complexity index is 1080. The van der Waals surface area contributed by atoms with E-state index in [0.717, 1.165) is 36.2 Å². The number of likely N-dealkylation sites (tertiary alicyclic amines) is 1. The highest BCUT2D eigenvalue weighted by molar-refractivity contribution is 5.76. The first-order chi connectivity index (χ1) is 15.9. The summed E-state index contributed by atoms with van der Waals surface area (Å²) in [5, 5.41) is 8.14. The average molecular weight is 449 g/mol. The van der Waals surface area contributed by atoms with Crippen LogP contribution in [0.25, 0.3) is 11.1 Å². The molecule has 1 atom stereocenters. The van der Waals surface area contributed by atoms with Gasteiger partial charge in [-0.25, -0.2) is 9.97 Å². The van der Waals surface area contributed by atoms with Crippen LogP contribution in [0.5, 0.6) is 0 Å². The number of hydrogen-bond donors (Lipinski definition) is 0. The molecule has 2 aromatic heterocycles. The van der Waals surface area contributed by atoms with Gasteiger partial charge in [0.15, 0.2) is 0 Å². The molecule has 8 nitrogen and oxygen atoms in total. The molecule has 1 saturated heterocycles. The van der Waals surface area contributed by atoms with Crippen LogP contribution in [-0.2, 0) is 11.2 Å². The quantitative estimate of drug-likeness (QED) is 0.539. The number of hydrogen-bond acceptors (Lipinski definition) is 7. The zero-order chi connectivity index (χ0) is 23.4. The molecule has 0 unspecified atom stereocenters. The second-order valence-corrected chi connectivity index (χ2v) is 9.10. The maximum Gasteiger partial charge on any atom is 0.225 e. The molecule has 8 heteroatoms. The molecule has 3 aromatic rings. The van der Waals surface area contributed by atoms with Crippen molar-refractivity contribution in [3.63, 3.8) is 0 Å². The third kappa shape index (κ3) is 5.38. The van der Waals surface area contributed by atoms with Gasteiger partial charge >= 0.3 is 0 Å². The Kier molecular flexibility index (Phi) is 7.01. The van der Waals surface area contributed by atoms with E-state index in [9.17, 15) is 4.79 Å². The standard InChI is InChI=1S/C25H32N6O2/c1-17(2)24-29-28-21(33-24)12-13-22(32)31-14-8-11-19(16-31)23-20(18-9-6-5-7-10-18)15-26-25(27-23)30(3)4/h5-7,9-10,15,17,19H,8,11-14,16H2,1-4H3/t19-/m1/s1. The summed E-state index contributed by atoms with van der Waals surface area (Å²) in [5.41, 5.74) is 3.14. The molecule has 174 valence electrons. The van der Waals surface area contributed by atoms with Gasteiger partial charge in [0.25, 0.3) is 0 Å². The van der Waals surface area contributed by atoms with Crippen molar-refractivity contribution in [2.24, 2.45) is 0 Å². The number of amides is 1. The van der Waals surface area contributed by atoms with Crippen LogP contribution in [0.1, 0.15) is 62.4 Å². The number of piperidine rings is 1. The lowest BCUT2D eigenvalue weighted by atomic mass is 9.89. The van der Waals surface area contributed by atoms with Crippen LogP contribution < -0.4 is 4.90 Å². The molecule has 1 aliphatic heterocycles. The Balaban J connectivity index is 1.50. The predicted octanol–water partition coefficient (Wildman–Crippen LogP) is 4.05. The molecular formula is C25H32N6O2. The third-order valence-electron chi connectivity index (χ3n) is 5.98. The van der Waals surface area contributed by atoms with Gasteiger partial charge in [-0.2, -0.15) is 0 Å². The maximum atomic E-state index is 13.0. The van der Waals surface area contributed by atoms with Gasteiger partial charge in [-0.05, 0) is 18.4 Å². The molecule has 1 aromatic carbocycles. The molecule has 4 rings (SSSR count). The van der Waals surface area contributed by atoms with Crippen molar-refractivity contribution in [1.29, 1.82) is 0 Å². The molecule has 1 fully saturated rings. The predicted molar refractivity (Wildman–Crippen MR) is 127 cm³/mol. The van der Waals surface area contributed by atoms with E-state index in [1.807, 2.05) is 62.1 Å². The van der Waals surface area contributed by atoms with Gasteiger partial charge < -0.3 is 14.2 Å². The second kappa shape index (κ2) is 10.1. The fourth-order valence-electron chi connectivity index (χ4n) is 4.15. The number of rotatable bonds is 7. The zero-order valence-electron chi connectivity index (χ0n) is 19.9. The molecule has 3 heterocycles. The van der Waals surface area contributed by atoms with Crippen molar-refractivity contribution in [1.82, 2.24) is 25.1 Å². The average Bonchev–Trinajstić information content (AvgIpc) is 3.32. The molecule has 0 radical (unpaired) electrons. The molecule has 1 amide bonds. The Morgan fingerprint density at radius 2 is 2.00 bits per heavy atom. The summed E-state index contributed by atoms with van der Waals surface area (Å²) in [4.78, 5) is 26.4. The van der Waals surface area contributed by atoms with E-state index in [1.54, 1.807) is 0 Å². The van der Waals surface area contributed by atoms with Gasteiger partial charge in [0.05, 0.1) is 5.69 Å². The summed E-state index contributed by atoms with van der Waals surface area (Å²) in [6.45, 7) is 5.44. The SMILES string of the molecule is CC(C)c1nnc(CCC(=O)N2CCC[C@@H](c3nc(N(C)C)ncc3-c3ccccc3)C2)o1. The lowest BCUT2D eigenvalue weighted by Crippen LogP contribution is -2.39. The molecule has 0 saturated carbocycles. The second-order valence-electron chi connectivity index (χ2n) is 9.10. The van der Waals surface area contributed by atoms with Crippen LogP contribution in [-0.4, -0.2) is 58.2 Å². The van der Waals surface area contributed by atoms with Gasteiger partial charge in [-0.1, -0.05) is 44.2 Å². The molecule has 0 bridgehead atoms. The Morgan fingerprint density at radius 1 is 1.21 bits per heavy atom. The Morgan fingerprint density at radius 3 is 2.70 bits per heavy atom. The van der Waals surface area contributed by atoms with Crippen molar-refractivity contribution in [2.45, 2.75) is 51.4 Å². The van der Waals surface area contributed by atoms with Crippen molar-refractivity contribution in [3.8, 4) is 11.1 Å². The normalized spacial score (nSPS) is 16.3. The minimum Gasteiger partial charge on any atom is -0.425 e. The van der Waals surface area contributed by atoms with Crippen LogP contribution in [0.2, 0.25) is 0 Å². The van der Waals surface area contributed by atoms with E-state index >= 15 is 0 Å². The van der Waals surface area contributed by atoms with Crippen molar-refractivity contribution in [3.05, 3.63) is 54.0 Å². The fraction of sp³-hybridized carbons (Fsp3) is 0.480. The topological polar surface area (TPSA) is 88.3 Å². The van der Waals surface area contributed by atoms with Crippen LogP contribution in [0, 0.1) is 0 Å². The number of aryl methyl sites for hydroxylation is 1. The molecule has 1 aliphatic rings. The van der Waals surface area contributed by atoms with E-state index in [2.05, 4.69) is 27.3 Å². The highest BCUT2D eigenvalue weighted by atomic mass is 16.4. The minimum atomic E-state index is 0.118. The summed E-state index contributed by atoms with van der Waals surface area (Å²) in [6, 6.07) is 10.2. The number of carbonyl (C=O) groups is 1. The number of anilines is 1.